The fraction of sp³-hybridized carbons (Fsp3) is 0.375. The highest BCUT2D eigenvalue weighted by Gasteiger charge is 2.32. The summed E-state index contributed by atoms with van der Waals surface area (Å²) < 4.78 is 36.8. The van der Waals surface area contributed by atoms with Crippen molar-refractivity contribution in [1.29, 1.82) is 0 Å². The number of thioether (sulfide) groups is 1. The highest BCUT2D eigenvalue weighted by atomic mass is 32.2. The first-order valence-electron chi connectivity index (χ1n) is 7.64. The van der Waals surface area contributed by atoms with Gasteiger partial charge >= 0.3 is 0 Å². The highest BCUT2D eigenvalue weighted by Crippen LogP contribution is 2.29. The quantitative estimate of drug-likeness (QED) is 0.722. The number of aromatic nitrogens is 1. The maximum atomic E-state index is 13.0. The predicted molar refractivity (Wildman–Crippen MR) is 98.1 cm³/mol. The van der Waals surface area contributed by atoms with Gasteiger partial charge in [-0.25, -0.2) is 17.8 Å². The van der Waals surface area contributed by atoms with Gasteiger partial charge in [-0.3, -0.25) is 4.79 Å². The number of carbonyl (C=O) groups excluding carboxylic acids is 1. The van der Waals surface area contributed by atoms with Gasteiger partial charge in [0.25, 0.3) is 0 Å². The van der Waals surface area contributed by atoms with Gasteiger partial charge in [-0.1, -0.05) is 11.8 Å². The van der Waals surface area contributed by atoms with Crippen molar-refractivity contribution in [2.24, 2.45) is 0 Å². The first kappa shape index (κ1) is 18.3. The monoisotopic (exact) mass is 400 g/mol. The fourth-order valence-corrected chi connectivity index (χ4v) is 6.12. The molecular formula is C16H17FN2O3S3. The van der Waals surface area contributed by atoms with Crippen LogP contribution in [0.1, 0.15) is 6.42 Å². The number of rotatable bonds is 5. The van der Waals surface area contributed by atoms with Crippen molar-refractivity contribution in [1.82, 2.24) is 9.88 Å². The van der Waals surface area contributed by atoms with E-state index in [9.17, 15) is 17.6 Å². The largest absolute Gasteiger partial charge is 0.341 e. The summed E-state index contributed by atoms with van der Waals surface area (Å²) in [5.74, 6) is 0.00683. The summed E-state index contributed by atoms with van der Waals surface area (Å²) in [5.41, 5.74) is 1.57. The molecule has 25 heavy (non-hydrogen) atoms. The van der Waals surface area contributed by atoms with Gasteiger partial charge in [-0.15, -0.1) is 11.3 Å². The lowest BCUT2D eigenvalue weighted by atomic mass is 10.2. The fourth-order valence-electron chi connectivity index (χ4n) is 2.59. The van der Waals surface area contributed by atoms with E-state index in [4.69, 9.17) is 0 Å². The lowest BCUT2D eigenvalue weighted by Crippen LogP contribution is -2.38. The van der Waals surface area contributed by atoms with E-state index in [0.29, 0.717) is 6.42 Å². The number of thiazole rings is 1. The molecule has 3 rings (SSSR count). The first-order valence-corrected chi connectivity index (χ1v) is 11.3. The Balaban J connectivity index is 1.57. The van der Waals surface area contributed by atoms with Crippen LogP contribution in [0, 0.1) is 5.82 Å². The van der Waals surface area contributed by atoms with Crippen LogP contribution in [-0.4, -0.2) is 54.6 Å². The molecule has 2 aromatic rings. The maximum absolute atomic E-state index is 13.0. The van der Waals surface area contributed by atoms with Crippen molar-refractivity contribution in [3.63, 3.8) is 0 Å². The van der Waals surface area contributed by atoms with E-state index < -0.39 is 9.84 Å². The van der Waals surface area contributed by atoms with Crippen molar-refractivity contribution in [2.45, 2.75) is 16.8 Å². The van der Waals surface area contributed by atoms with Crippen LogP contribution in [0.2, 0.25) is 0 Å². The summed E-state index contributed by atoms with van der Waals surface area (Å²) in [6.07, 6.45) is 0.501. The standard InChI is InChI=1S/C16H17FN2O3S3/c1-19(13-6-7-25(21,22)10-13)15(20)9-24-16-18-14(8-23-16)11-2-4-12(17)5-3-11/h2-5,8,13H,6-7,9-10H2,1H3/t13-/m1/s1. The molecule has 1 aromatic carbocycles. The number of amides is 1. The Morgan fingerprint density at radius 3 is 2.76 bits per heavy atom. The SMILES string of the molecule is CN(C(=O)CSc1nc(-c2ccc(F)cc2)cs1)[C@@H]1CCS(=O)(=O)C1. The molecular weight excluding hydrogens is 383 g/mol. The van der Waals surface area contributed by atoms with Crippen LogP contribution in [0.25, 0.3) is 11.3 Å². The molecule has 1 aromatic heterocycles. The van der Waals surface area contributed by atoms with Crippen LogP contribution in [0.4, 0.5) is 4.39 Å². The summed E-state index contributed by atoms with van der Waals surface area (Å²) in [5, 5.41) is 1.87. The Hall–Kier alpha value is -1.45. The summed E-state index contributed by atoms with van der Waals surface area (Å²) in [4.78, 5) is 18.3. The third-order valence-corrected chi connectivity index (χ3v) is 7.85. The average molecular weight is 401 g/mol. The van der Waals surface area contributed by atoms with Crippen LogP contribution in [0.3, 0.4) is 0 Å². The molecule has 5 nitrogen and oxygen atoms in total. The number of nitrogens with zero attached hydrogens (tertiary/aromatic N) is 2. The van der Waals surface area contributed by atoms with Gasteiger partial charge in [0, 0.05) is 24.0 Å². The van der Waals surface area contributed by atoms with Gasteiger partial charge in [0.15, 0.2) is 14.2 Å². The van der Waals surface area contributed by atoms with E-state index in [0.717, 1.165) is 15.6 Å². The number of carbonyl (C=O) groups is 1. The van der Waals surface area contributed by atoms with Gasteiger partial charge in [-0.05, 0) is 30.7 Å². The van der Waals surface area contributed by atoms with Crippen molar-refractivity contribution < 1.29 is 17.6 Å². The molecule has 1 fully saturated rings. The van der Waals surface area contributed by atoms with Crippen molar-refractivity contribution in [2.75, 3.05) is 24.3 Å². The Kier molecular flexibility index (Phi) is 5.45. The molecule has 0 aliphatic carbocycles. The van der Waals surface area contributed by atoms with Crippen LogP contribution in [-0.2, 0) is 14.6 Å². The van der Waals surface area contributed by atoms with E-state index >= 15 is 0 Å². The van der Waals surface area contributed by atoms with Crippen LogP contribution < -0.4 is 0 Å². The zero-order valence-corrected chi connectivity index (χ0v) is 16.0. The van der Waals surface area contributed by atoms with Crippen LogP contribution in [0.5, 0.6) is 0 Å². The van der Waals surface area contributed by atoms with Gasteiger partial charge in [0.1, 0.15) is 5.82 Å². The molecule has 0 unspecified atom stereocenters. The average Bonchev–Trinajstić information content (AvgIpc) is 3.19. The minimum absolute atomic E-state index is 0.0475. The summed E-state index contributed by atoms with van der Waals surface area (Å²) in [7, 11) is -1.36. The molecule has 0 spiro atoms. The lowest BCUT2D eigenvalue weighted by Gasteiger charge is -2.22. The third kappa shape index (κ3) is 4.59. The molecule has 134 valence electrons. The summed E-state index contributed by atoms with van der Waals surface area (Å²) >= 11 is 2.75. The van der Waals surface area contributed by atoms with E-state index in [1.807, 2.05) is 5.38 Å². The lowest BCUT2D eigenvalue weighted by molar-refractivity contribution is -0.128. The molecule has 1 saturated heterocycles. The Labute approximate surface area is 154 Å². The molecule has 2 heterocycles. The maximum Gasteiger partial charge on any atom is 0.233 e. The second-order valence-corrected chi connectivity index (χ2v) is 10.2. The molecule has 1 atom stereocenters. The summed E-state index contributed by atoms with van der Waals surface area (Å²) in [6, 6.07) is 5.87. The minimum atomic E-state index is -3.01. The molecule has 9 heteroatoms. The Morgan fingerprint density at radius 1 is 1.40 bits per heavy atom. The predicted octanol–water partition coefficient (Wildman–Crippen LogP) is 2.69. The molecule has 0 saturated carbocycles. The molecule has 0 radical (unpaired) electrons. The van der Waals surface area contributed by atoms with Crippen molar-refractivity contribution in [3.8, 4) is 11.3 Å². The number of benzene rings is 1. The zero-order valence-electron chi connectivity index (χ0n) is 13.5. The Bertz CT molecular complexity index is 865. The van der Waals surface area contributed by atoms with Crippen LogP contribution >= 0.6 is 23.1 Å². The second-order valence-electron chi connectivity index (χ2n) is 5.86. The third-order valence-electron chi connectivity index (χ3n) is 4.09. The van der Waals surface area contributed by atoms with Gasteiger partial charge in [0.05, 0.1) is 23.0 Å². The number of hydrogen-bond donors (Lipinski definition) is 0. The van der Waals surface area contributed by atoms with E-state index in [1.165, 1.54) is 40.1 Å². The molecule has 0 bridgehead atoms. The topological polar surface area (TPSA) is 67.3 Å². The second kappa shape index (κ2) is 7.43. The molecule has 1 aliphatic heterocycles. The molecule has 0 N–H and O–H groups in total. The number of hydrogen-bond acceptors (Lipinski definition) is 6. The summed E-state index contributed by atoms with van der Waals surface area (Å²) in [6.45, 7) is 0. The van der Waals surface area contributed by atoms with Gasteiger partial charge in [-0.2, -0.15) is 0 Å². The van der Waals surface area contributed by atoms with Crippen molar-refractivity contribution in [3.05, 3.63) is 35.5 Å². The zero-order chi connectivity index (χ0) is 18.0. The Morgan fingerprint density at radius 2 is 2.12 bits per heavy atom. The number of halogens is 1. The van der Waals surface area contributed by atoms with Gasteiger partial charge < -0.3 is 4.90 Å². The molecule has 1 amide bonds. The first-order chi connectivity index (χ1) is 11.8. The highest BCUT2D eigenvalue weighted by molar-refractivity contribution is 8.01. The number of sulfone groups is 1. The molecule has 1 aliphatic rings. The van der Waals surface area contributed by atoms with Crippen LogP contribution in [0.15, 0.2) is 34.0 Å². The van der Waals surface area contributed by atoms with Gasteiger partial charge in [0.2, 0.25) is 5.91 Å². The van der Waals surface area contributed by atoms with Crippen molar-refractivity contribution >= 4 is 38.8 Å². The van der Waals surface area contributed by atoms with E-state index in [1.54, 1.807) is 19.2 Å². The normalized spacial score (nSPS) is 19.0. The van der Waals surface area contributed by atoms with E-state index in [-0.39, 0.29) is 35.0 Å². The smallest absolute Gasteiger partial charge is 0.233 e. The van der Waals surface area contributed by atoms with E-state index in [2.05, 4.69) is 4.98 Å². The minimum Gasteiger partial charge on any atom is -0.341 e.